The van der Waals surface area contributed by atoms with Gasteiger partial charge in [-0.2, -0.15) is 0 Å². The number of carbonyl (C=O) groups is 1. The Morgan fingerprint density at radius 2 is 1.91 bits per heavy atom. The zero-order valence-corrected chi connectivity index (χ0v) is 20.6. The highest BCUT2D eigenvalue weighted by Crippen LogP contribution is 2.23. The van der Waals surface area contributed by atoms with Crippen LogP contribution in [0.2, 0.25) is 10.0 Å². The van der Waals surface area contributed by atoms with E-state index in [-0.39, 0.29) is 13.0 Å². The third kappa shape index (κ3) is 8.84. The van der Waals surface area contributed by atoms with Gasteiger partial charge >= 0.3 is 0 Å². The number of ether oxygens (including phenoxy) is 1. The molecule has 1 amide bonds. The molecule has 32 heavy (non-hydrogen) atoms. The van der Waals surface area contributed by atoms with E-state index in [1.54, 1.807) is 28.9 Å². The maximum Gasteiger partial charge on any atom is 0.257 e. The lowest BCUT2D eigenvalue weighted by atomic mass is 10.2. The Balaban J connectivity index is 2.20. The number of nitrogens with zero attached hydrogens (tertiary/aromatic N) is 2. The molecule has 10 heteroatoms. The minimum absolute atomic E-state index is 0.170. The summed E-state index contributed by atoms with van der Waals surface area (Å²) in [4.78, 5) is 11.9. The Morgan fingerprint density at radius 1 is 1.16 bits per heavy atom. The molecule has 1 heterocycles. The van der Waals surface area contributed by atoms with Crippen molar-refractivity contribution in [2.45, 2.75) is 58.9 Å². The van der Waals surface area contributed by atoms with E-state index in [1.165, 1.54) is 6.08 Å². The zero-order valence-electron chi connectivity index (χ0n) is 18.3. The second kappa shape index (κ2) is 12.9. The van der Waals surface area contributed by atoms with E-state index in [9.17, 15) is 13.2 Å². The van der Waals surface area contributed by atoms with Crippen LogP contribution in [0.25, 0.3) is 6.08 Å². The van der Waals surface area contributed by atoms with Gasteiger partial charge in [0.1, 0.15) is 0 Å². The molecule has 1 N–H and O–H groups in total. The van der Waals surface area contributed by atoms with E-state index in [1.807, 2.05) is 6.92 Å². The Bertz CT molecular complexity index is 1040. The van der Waals surface area contributed by atoms with Crippen molar-refractivity contribution in [3.8, 4) is 5.88 Å². The highest BCUT2D eigenvalue weighted by atomic mass is 35.5. The summed E-state index contributed by atoms with van der Waals surface area (Å²) in [6, 6.07) is 6.78. The summed E-state index contributed by atoms with van der Waals surface area (Å²) < 4.78 is 33.9. The predicted octanol–water partition coefficient (Wildman–Crippen LogP) is 5.41. The van der Waals surface area contributed by atoms with Crippen LogP contribution in [0.3, 0.4) is 0 Å². The van der Waals surface area contributed by atoms with Crippen LogP contribution in [0.15, 0.2) is 29.7 Å². The second-order valence-electron chi connectivity index (χ2n) is 7.33. The van der Waals surface area contributed by atoms with Gasteiger partial charge in [-0.05, 0) is 36.6 Å². The lowest BCUT2D eigenvalue weighted by Crippen LogP contribution is -2.28. The fourth-order valence-electron chi connectivity index (χ4n) is 2.81. The van der Waals surface area contributed by atoms with Crippen LogP contribution in [-0.4, -0.2) is 30.7 Å². The molecule has 7 nitrogen and oxygen atoms in total. The van der Waals surface area contributed by atoms with Crippen molar-refractivity contribution in [2.75, 3.05) is 6.61 Å². The smallest absolute Gasteiger partial charge is 0.257 e. The Kier molecular flexibility index (Phi) is 10.5. The Morgan fingerprint density at radius 3 is 2.59 bits per heavy atom. The quantitative estimate of drug-likeness (QED) is 0.370. The highest BCUT2D eigenvalue weighted by molar-refractivity contribution is 7.93. The maximum absolute atomic E-state index is 12.3. The normalized spacial score (nSPS) is 11.8. The van der Waals surface area contributed by atoms with Gasteiger partial charge in [0.05, 0.1) is 24.3 Å². The molecule has 0 spiro atoms. The van der Waals surface area contributed by atoms with Gasteiger partial charge in [-0.25, -0.2) is 13.1 Å². The van der Waals surface area contributed by atoms with Crippen LogP contribution in [0.4, 0.5) is 0 Å². The molecule has 0 aliphatic rings. The van der Waals surface area contributed by atoms with Crippen molar-refractivity contribution in [3.05, 3.63) is 51.0 Å². The van der Waals surface area contributed by atoms with Crippen LogP contribution in [0.5, 0.6) is 5.88 Å². The summed E-state index contributed by atoms with van der Waals surface area (Å²) in [7, 11) is -3.94. The monoisotopic (exact) mass is 501 g/mol. The summed E-state index contributed by atoms with van der Waals surface area (Å²) in [5, 5.41) is 6.37. The van der Waals surface area contributed by atoms with E-state index in [2.05, 4.69) is 16.7 Å². The summed E-state index contributed by atoms with van der Waals surface area (Å²) in [6.07, 6.45) is 5.87. The molecule has 0 radical (unpaired) electrons. The third-order valence-electron chi connectivity index (χ3n) is 4.55. The minimum atomic E-state index is -3.94. The molecule has 0 atom stereocenters. The lowest BCUT2D eigenvalue weighted by Gasteiger charge is -2.07. The molecule has 1 aromatic carbocycles. The molecule has 0 saturated carbocycles. The van der Waals surface area contributed by atoms with Crippen LogP contribution in [0, 0.1) is 0 Å². The van der Waals surface area contributed by atoms with E-state index in [0.29, 0.717) is 34.6 Å². The van der Waals surface area contributed by atoms with Crippen molar-refractivity contribution in [3.63, 3.8) is 0 Å². The molecular weight excluding hydrogens is 473 g/mol. The number of benzene rings is 1. The average molecular weight is 502 g/mol. The zero-order chi connectivity index (χ0) is 23.6. The van der Waals surface area contributed by atoms with Gasteiger partial charge in [-0.3, -0.25) is 9.48 Å². The number of sulfonamides is 1. The average Bonchev–Trinajstić information content (AvgIpc) is 3.10. The highest BCUT2D eigenvalue weighted by Gasteiger charge is 2.14. The minimum Gasteiger partial charge on any atom is -0.477 e. The molecule has 1 aromatic heterocycles. The summed E-state index contributed by atoms with van der Waals surface area (Å²) in [5.41, 5.74) is 1.26. The van der Waals surface area contributed by atoms with Gasteiger partial charge in [0.2, 0.25) is 11.8 Å². The molecule has 0 fully saturated rings. The first-order chi connectivity index (χ1) is 15.2. The number of rotatable bonds is 13. The predicted molar refractivity (Wildman–Crippen MR) is 128 cm³/mol. The maximum atomic E-state index is 12.3. The number of hydrogen-bond acceptors (Lipinski definition) is 5. The molecule has 0 saturated heterocycles. The van der Waals surface area contributed by atoms with Gasteiger partial charge in [0, 0.05) is 22.5 Å². The Hall–Kier alpha value is -2.03. The lowest BCUT2D eigenvalue weighted by molar-refractivity contribution is -0.119. The van der Waals surface area contributed by atoms with Crippen LogP contribution in [0.1, 0.15) is 63.6 Å². The number of nitrogens with one attached hydrogen (secondary N) is 1. The second-order valence-corrected chi connectivity index (χ2v) is 9.74. The first kappa shape index (κ1) is 26.2. The van der Waals surface area contributed by atoms with Gasteiger partial charge < -0.3 is 4.74 Å². The number of halogens is 2. The first-order valence-electron chi connectivity index (χ1n) is 10.6. The number of hydrogen-bond donors (Lipinski definition) is 1. The van der Waals surface area contributed by atoms with Gasteiger partial charge in [-0.15, -0.1) is 5.10 Å². The van der Waals surface area contributed by atoms with Gasteiger partial charge in [-0.1, -0.05) is 62.4 Å². The number of amides is 1. The van der Waals surface area contributed by atoms with Crippen LogP contribution in [-0.2, 0) is 21.4 Å². The van der Waals surface area contributed by atoms with Crippen molar-refractivity contribution in [1.29, 1.82) is 0 Å². The van der Waals surface area contributed by atoms with Crippen LogP contribution >= 0.6 is 23.2 Å². The number of unbranched alkanes of at least 4 members (excludes halogenated alkanes) is 3. The summed E-state index contributed by atoms with van der Waals surface area (Å²) >= 11 is 12.3. The topological polar surface area (TPSA) is 90.3 Å². The summed E-state index contributed by atoms with van der Waals surface area (Å²) in [6.45, 7) is 4.86. The van der Waals surface area contributed by atoms with Crippen molar-refractivity contribution < 1.29 is 17.9 Å². The molecule has 0 aliphatic carbocycles. The molecule has 2 aromatic rings. The van der Waals surface area contributed by atoms with Gasteiger partial charge in [0.25, 0.3) is 10.0 Å². The SMILES string of the molecule is CCCCCC(=O)NS(=O)(=O)/C=C/c1cc(OCCCC)nn1Cc1ccc(Cl)cc1Cl. The van der Waals surface area contributed by atoms with Gasteiger partial charge in [0.15, 0.2) is 0 Å². The van der Waals surface area contributed by atoms with E-state index in [0.717, 1.165) is 36.7 Å². The molecule has 0 aliphatic heterocycles. The summed E-state index contributed by atoms with van der Waals surface area (Å²) in [5.74, 6) is -0.141. The van der Waals surface area contributed by atoms with E-state index < -0.39 is 15.9 Å². The van der Waals surface area contributed by atoms with Crippen molar-refractivity contribution in [1.82, 2.24) is 14.5 Å². The van der Waals surface area contributed by atoms with Crippen molar-refractivity contribution in [2.24, 2.45) is 0 Å². The first-order valence-corrected chi connectivity index (χ1v) is 12.9. The molecule has 0 bridgehead atoms. The molecule has 2 rings (SSSR count). The third-order valence-corrected chi connectivity index (χ3v) is 6.15. The number of carbonyl (C=O) groups excluding carboxylic acids is 1. The standard InChI is InChI=1S/C22H29Cl2N3O4S/c1-3-5-7-8-21(28)26-32(29,30)13-11-19-15-22(31-12-6-4-2)25-27(19)16-17-9-10-18(23)14-20(17)24/h9-11,13-15H,3-8,12,16H2,1-2H3,(H,26,28)/b13-11+. The molecular formula is C22H29Cl2N3O4S. The van der Waals surface area contributed by atoms with E-state index >= 15 is 0 Å². The molecule has 0 unspecified atom stereocenters. The van der Waals surface area contributed by atoms with Crippen LogP contribution < -0.4 is 9.46 Å². The van der Waals surface area contributed by atoms with Crippen molar-refractivity contribution >= 4 is 45.2 Å². The fourth-order valence-corrected chi connectivity index (χ4v) is 4.08. The molecule has 176 valence electrons. The fraction of sp³-hybridized carbons (Fsp3) is 0.455. The number of aromatic nitrogens is 2. The Labute approximate surface area is 199 Å². The largest absolute Gasteiger partial charge is 0.477 e. The van der Waals surface area contributed by atoms with E-state index in [4.69, 9.17) is 27.9 Å².